The molecule has 0 aliphatic carbocycles. The van der Waals surface area contributed by atoms with E-state index in [1.54, 1.807) is 18.2 Å². The summed E-state index contributed by atoms with van der Waals surface area (Å²) in [5.41, 5.74) is 0.525. The minimum atomic E-state index is -3.35. The molecule has 0 saturated carbocycles. The molecule has 4 aromatic rings. The van der Waals surface area contributed by atoms with Crippen LogP contribution in [0.1, 0.15) is 33.5 Å². The Morgan fingerprint density at radius 2 is 1.98 bits per heavy atom. The molecule has 5 rings (SSSR count). The fraction of sp³-hybridized carbons (Fsp3) is 0.304. The van der Waals surface area contributed by atoms with E-state index in [4.69, 9.17) is 4.42 Å². The maximum atomic E-state index is 14.4. The van der Waals surface area contributed by atoms with Gasteiger partial charge in [0.25, 0.3) is 11.8 Å². The van der Waals surface area contributed by atoms with Crippen LogP contribution >= 0.6 is 0 Å². The first-order valence-electron chi connectivity index (χ1n) is 11.9. The summed E-state index contributed by atoms with van der Waals surface area (Å²) in [4.78, 5) is 56.3. The topological polar surface area (TPSA) is 201 Å². The smallest absolute Gasteiger partial charge is 0.408 e. The Morgan fingerprint density at radius 3 is 2.70 bits per heavy atom. The van der Waals surface area contributed by atoms with Gasteiger partial charge >= 0.3 is 5.76 Å². The van der Waals surface area contributed by atoms with Gasteiger partial charge in [-0.15, -0.1) is 0 Å². The molecular weight excluding hydrogens is 551 g/mol. The maximum Gasteiger partial charge on any atom is 0.417 e. The second kappa shape index (κ2) is 10.2. The van der Waals surface area contributed by atoms with Crippen LogP contribution in [0.3, 0.4) is 0 Å². The van der Waals surface area contributed by atoms with Crippen molar-refractivity contribution in [1.29, 1.82) is 0 Å². The first-order chi connectivity index (χ1) is 18.9. The van der Waals surface area contributed by atoms with Gasteiger partial charge < -0.3 is 20.4 Å². The van der Waals surface area contributed by atoms with E-state index >= 15 is 0 Å². The number of oxazole rings is 1. The lowest BCUT2D eigenvalue weighted by atomic mass is 10.1. The Bertz CT molecular complexity index is 1820. The van der Waals surface area contributed by atoms with Gasteiger partial charge in [-0.3, -0.25) is 19.4 Å². The van der Waals surface area contributed by atoms with Crippen LogP contribution in [0.4, 0.5) is 4.39 Å². The highest BCUT2D eigenvalue weighted by Gasteiger charge is 2.35. The Hall–Kier alpha value is -4.64. The molecule has 4 heterocycles. The Morgan fingerprint density at radius 1 is 1.23 bits per heavy atom. The molecule has 17 heteroatoms. The van der Waals surface area contributed by atoms with Gasteiger partial charge in [0.05, 0.1) is 24.0 Å². The molecule has 210 valence electrons. The third kappa shape index (κ3) is 5.41. The van der Waals surface area contributed by atoms with Gasteiger partial charge in [0.2, 0.25) is 15.9 Å². The summed E-state index contributed by atoms with van der Waals surface area (Å²) in [7, 11) is -3.35. The lowest BCUT2D eigenvalue weighted by Gasteiger charge is -2.37. The molecule has 1 atom stereocenters. The van der Waals surface area contributed by atoms with E-state index in [1.165, 1.54) is 11.2 Å². The zero-order chi connectivity index (χ0) is 28.8. The second-order valence-corrected chi connectivity index (χ2v) is 11.2. The number of hydrogen-bond donors (Lipinski definition) is 4. The Balaban J connectivity index is 1.28. The Labute approximate surface area is 224 Å². The third-order valence-electron chi connectivity index (χ3n) is 6.23. The molecule has 1 aliphatic heterocycles. The highest BCUT2D eigenvalue weighted by molar-refractivity contribution is 7.88. The lowest BCUT2D eigenvalue weighted by Crippen LogP contribution is -2.62. The number of nitrogens with one attached hydrogen (secondary N) is 4. The number of amides is 3. The molecule has 15 nitrogen and oxygen atoms in total. The van der Waals surface area contributed by atoms with Crippen molar-refractivity contribution in [2.75, 3.05) is 19.3 Å². The van der Waals surface area contributed by atoms with E-state index in [-0.39, 0.29) is 36.7 Å². The van der Waals surface area contributed by atoms with Crippen molar-refractivity contribution in [1.82, 2.24) is 39.8 Å². The zero-order valence-electron chi connectivity index (χ0n) is 21.1. The van der Waals surface area contributed by atoms with Crippen molar-refractivity contribution in [2.24, 2.45) is 0 Å². The van der Waals surface area contributed by atoms with Crippen molar-refractivity contribution < 1.29 is 31.6 Å². The van der Waals surface area contributed by atoms with Crippen LogP contribution in [0, 0.1) is 5.82 Å². The largest absolute Gasteiger partial charge is 0.417 e. The molecule has 3 amide bonds. The fourth-order valence-corrected chi connectivity index (χ4v) is 4.96. The number of carbonyl (C=O) groups excluding carboxylic acids is 3. The van der Waals surface area contributed by atoms with Gasteiger partial charge in [-0.2, -0.15) is 9.40 Å². The molecule has 0 bridgehead atoms. The predicted molar refractivity (Wildman–Crippen MR) is 136 cm³/mol. The summed E-state index contributed by atoms with van der Waals surface area (Å²) in [6, 6.07) is 4.47. The average molecular weight is 575 g/mol. The van der Waals surface area contributed by atoms with Crippen LogP contribution < -0.4 is 21.7 Å². The van der Waals surface area contributed by atoms with Crippen molar-refractivity contribution in [3.63, 3.8) is 0 Å². The quantitative estimate of drug-likeness (QED) is 0.206. The van der Waals surface area contributed by atoms with Crippen molar-refractivity contribution in [3.05, 3.63) is 63.8 Å². The molecule has 0 spiro atoms. The van der Waals surface area contributed by atoms with E-state index in [0.29, 0.717) is 16.7 Å². The average Bonchev–Trinajstić information content (AvgIpc) is 3.43. The number of aromatic nitrogens is 4. The highest BCUT2D eigenvalue weighted by atomic mass is 32.2. The molecule has 1 aromatic carbocycles. The van der Waals surface area contributed by atoms with E-state index in [9.17, 15) is 32.0 Å². The third-order valence-corrected chi connectivity index (χ3v) is 7.47. The number of nitrogens with zero attached hydrogens (tertiary/aromatic N) is 4. The first kappa shape index (κ1) is 26.9. The summed E-state index contributed by atoms with van der Waals surface area (Å²) in [6.07, 6.45) is 1.90. The number of aromatic amines is 1. The maximum absolute atomic E-state index is 14.4. The van der Waals surface area contributed by atoms with Gasteiger partial charge in [0, 0.05) is 25.7 Å². The molecule has 3 aromatic heterocycles. The van der Waals surface area contributed by atoms with Crippen LogP contribution in [0.25, 0.3) is 16.7 Å². The van der Waals surface area contributed by atoms with Crippen LogP contribution in [-0.4, -0.2) is 81.5 Å². The van der Waals surface area contributed by atoms with Crippen LogP contribution in [0.2, 0.25) is 0 Å². The number of rotatable bonds is 8. The number of halogens is 1. The normalized spacial score (nSPS) is 15.1. The predicted octanol–water partition coefficient (Wildman–Crippen LogP) is -0.889. The number of sulfonamides is 1. The summed E-state index contributed by atoms with van der Waals surface area (Å²) in [5.74, 6) is -3.59. The minimum Gasteiger partial charge on any atom is -0.408 e. The van der Waals surface area contributed by atoms with Crippen molar-refractivity contribution >= 4 is 44.5 Å². The monoisotopic (exact) mass is 574 g/mol. The lowest BCUT2D eigenvalue weighted by molar-refractivity contribution is -0.124. The van der Waals surface area contributed by atoms with E-state index in [2.05, 4.69) is 31.0 Å². The molecule has 40 heavy (non-hydrogen) atoms. The molecule has 1 aliphatic rings. The number of H-pyrrole nitrogens is 1. The molecule has 0 radical (unpaired) electrons. The number of hydrogen-bond acceptors (Lipinski definition) is 9. The van der Waals surface area contributed by atoms with E-state index in [0.717, 1.165) is 23.0 Å². The van der Waals surface area contributed by atoms with Crippen LogP contribution in [0.15, 0.2) is 39.7 Å². The molecular formula is C23H23FN8O7S. The Kier molecular flexibility index (Phi) is 6.84. The summed E-state index contributed by atoms with van der Waals surface area (Å²) >= 11 is 0. The van der Waals surface area contributed by atoms with Gasteiger partial charge in [-0.1, -0.05) is 6.07 Å². The second-order valence-electron chi connectivity index (χ2n) is 9.26. The minimum absolute atomic E-state index is 0.0211. The first-order valence-corrected chi connectivity index (χ1v) is 13.7. The van der Waals surface area contributed by atoms with E-state index < -0.39 is 51.4 Å². The van der Waals surface area contributed by atoms with Gasteiger partial charge in [-0.25, -0.2) is 27.1 Å². The highest BCUT2D eigenvalue weighted by Crippen LogP contribution is 2.15. The summed E-state index contributed by atoms with van der Waals surface area (Å²) in [6.45, 7) is 1.68. The summed E-state index contributed by atoms with van der Waals surface area (Å²) < 4.78 is 44.4. The van der Waals surface area contributed by atoms with Gasteiger partial charge in [0.1, 0.15) is 17.4 Å². The zero-order valence-corrected chi connectivity index (χ0v) is 21.9. The van der Waals surface area contributed by atoms with Gasteiger partial charge in [-0.05, 0) is 24.6 Å². The van der Waals surface area contributed by atoms with Crippen LogP contribution in [0.5, 0.6) is 0 Å². The standard InChI is InChI=1S/C23H23FN8O7S/c1-11(20(33)28-13-9-31(10-13)40(2,37)38)27-22(35)17-6-16(29-19-14(24)8-26-32(17)19)21(34)25-7-12-3-4-18-15(5-12)30-23(36)39-18/h3-6,8,11,13H,7,9-10H2,1-2H3,(H,25,34)(H,27,35)(H,28,33)(H,30,36)/t11-/m0/s1. The number of benzene rings is 1. The van der Waals surface area contributed by atoms with Crippen LogP contribution in [-0.2, 0) is 21.4 Å². The molecule has 0 unspecified atom stereocenters. The van der Waals surface area contributed by atoms with Crippen molar-refractivity contribution in [2.45, 2.75) is 25.6 Å². The summed E-state index contributed by atoms with van der Waals surface area (Å²) in [5, 5.41) is 11.5. The van der Waals surface area contributed by atoms with Crippen molar-refractivity contribution in [3.8, 4) is 0 Å². The molecule has 1 saturated heterocycles. The fourth-order valence-electron chi connectivity index (χ4n) is 4.06. The van der Waals surface area contributed by atoms with E-state index in [1.807, 2.05) is 0 Å². The molecule has 4 N–H and O–H groups in total. The number of fused-ring (bicyclic) bond motifs is 2. The molecule has 1 fully saturated rings. The van der Waals surface area contributed by atoms with Gasteiger partial charge in [0.15, 0.2) is 17.0 Å². The number of carbonyl (C=O) groups is 3. The SMILES string of the molecule is C[C@H](NC(=O)c1cc(C(=O)NCc2ccc3oc(=O)[nH]c3c2)nc2c(F)cnn12)C(=O)NC1CN(S(C)(=O)=O)C1.